The van der Waals surface area contributed by atoms with E-state index in [9.17, 15) is 4.79 Å². The van der Waals surface area contributed by atoms with E-state index in [0.717, 1.165) is 26.1 Å². The van der Waals surface area contributed by atoms with Crippen LogP contribution in [0, 0.1) is 0 Å². The molecule has 0 amide bonds. The van der Waals surface area contributed by atoms with Crippen molar-refractivity contribution in [3.05, 3.63) is 10.5 Å². The lowest BCUT2D eigenvalue weighted by Crippen LogP contribution is -2.28. The third kappa shape index (κ3) is 3.22. The van der Waals surface area contributed by atoms with E-state index < -0.39 is 0 Å². The summed E-state index contributed by atoms with van der Waals surface area (Å²) in [6.45, 7) is 8.42. The highest BCUT2D eigenvalue weighted by Gasteiger charge is 2.07. The SMILES string of the molecule is CCCNc1nc(N(CC)CC)nc(=O)[nH]1. The van der Waals surface area contributed by atoms with Crippen LogP contribution in [0.25, 0.3) is 0 Å². The van der Waals surface area contributed by atoms with Gasteiger partial charge in [0.15, 0.2) is 0 Å². The lowest BCUT2D eigenvalue weighted by Gasteiger charge is -2.18. The van der Waals surface area contributed by atoms with Crippen molar-refractivity contribution in [2.24, 2.45) is 0 Å². The molecule has 1 aromatic rings. The molecule has 0 atom stereocenters. The van der Waals surface area contributed by atoms with Crippen LogP contribution >= 0.6 is 0 Å². The first-order valence-electron chi connectivity index (χ1n) is 5.68. The normalized spacial score (nSPS) is 10.2. The van der Waals surface area contributed by atoms with Gasteiger partial charge in [0.2, 0.25) is 11.9 Å². The van der Waals surface area contributed by atoms with Crippen LogP contribution in [0.3, 0.4) is 0 Å². The minimum absolute atomic E-state index is 0.365. The van der Waals surface area contributed by atoms with Crippen LogP contribution < -0.4 is 15.9 Å². The van der Waals surface area contributed by atoms with Gasteiger partial charge in [0.25, 0.3) is 0 Å². The van der Waals surface area contributed by atoms with E-state index in [4.69, 9.17) is 0 Å². The highest BCUT2D eigenvalue weighted by atomic mass is 16.1. The van der Waals surface area contributed by atoms with Gasteiger partial charge in [-0.15, -0.1) is 0 Å². The zero-order valence-electron chi connectivity index (χ0n) is 10.1. The van der Waals surface area contributed by atoms with Gasteiger partial charge in [-0.25, -0.2) is 4.79 Å². The molecule has 0 radical (unpaired) electrons. The molecule has 6 nitrogen and oxygen atoms in total. The highest BCUT2D eigenvalue weighted by Crippen LogP contribution is 2.05. The summed E-state index contributed by atoms with van der Waals surface area (Å²) in [5, 5.41) is 3.05. The van der Waals surface area contributed by atoms with Crippen LogP contribution in [0.5, 0.6) is 0 Å². The Labute approximate surface area is 95.1 Å². The number of hydrogen-bond acceptors (Lipinski definition) is 5. The van der Waals surface area contributed by atoms with Gasteiger partial charge in [-0.1, -0.05) is 6.92 Å². The van der Waals surface area contributed by atoms with Gasteiger partial charge in [0.05, 0.1) is 0 Å². The molecule has 0 fully saturated rings. The molecule has 0 aliphatic rings. The number of aromatic amines is 1. The Morgan fingerprint density at radius 1 is 1.25 bits per heavy atom. The van der Waals surface area contributed by atoms with Gasteiger partial charge in [0.1, 0.15) is 0 Å². The van der Waals surface area contributed by atoms with Crippen molar-refractivity contribution in [2.45, 2.75) is 27.2 Å². The van der Waals surface area contributed by atoms with Crippen molar-refractivity contribution < 1.29 is 0 Å². The first kappa shape index (κ1) is 12.5. The summed E-state index contributed by atoms with van der Waals surface area (Å²) in [5.41, 5.74) is -0.365. The molecule has 0 aliphatic carbocycles. The molecule has 0 spiro atoms. The number of rotatable bonds is 6. The predicted molar refractivity (Wildman–Crippen MR) is 65.0 cm³/mol. The Bertz CT molecular complexity index is 372. The highest BCUT2D eigenvalue weighted by molar-refractivity contribution is 5.35. The standard InChI is InChI=1S/C10H19N5O/c1-4-7-11-8-12-9(14-10(16)13-8)15(5-2)6-3/h4-7H2,1-3H3,(H2,11,12,13,14,16). The molecular weight excluding hydrogens is 206 g/mol. The topological polar surface area (TPSA) is 73.9 Å². The summed E-state index contributed by atoms with van der Waals surface area (Å²) in [6, 6.07) is 0. The molecule has 6 heteroatoms. The number of nitrogens with one attached hydrogen (secondary N) is 2. The maximum atomic E-state index is 11.3. The summed E-state index contributed by atoms with van der Waals surface area (Å²) in [7, 11) is 0. The van der Waals surface area contributed by atoms with Crippen LogP contribution in [-0.2, 0) is 0 Å². The molecular formula is C10H19N5O. The van der Waals surface area contributed by atoms with Crippen LogP contribution in [0.15, 0.2) is 4.79 Å². The maximum absolute atomic E-state index is 11.3. The molecule has 0 unspecified atom stereocenters. The van der Waals surface area contributed by atoms with E-state index in [0.29, 0.717) is 11.9 Å². The van der Waals surface area contributed by atoms with Gasteiger partial charge in [0, 0.05) is 19.6 Å². The predicted octanol–water partition coefficient (Wildman–Crippen LogP) is 0.833. The Morgan fingerprint density at radius 3 is 2.50 bits per heavy atom. The molecule has 0 aliphatic heterocycles. The molecule has 0 saturated heterocycles. The Morgan fingerprint density at radius 2 is 1.94 bits per heavy atom. The third-order valence-electron chi connectivity index (χ3n) is 2.23. The molecule has 0 aromatic carbocycles. The van der Waals surface area contributed by atoms with E-state index in [-0.39, 0.29) is 5.69 Å². The summed E-state index contributed by atoms with van der Waals surface area (Å²) < 4.78 is 0. The summed E-state index contributed by atoms with van der Waals surface area (Å²) >= 11 is 0. The van der Waals surface area contributed by atoms with Crippen molar-refractivity contribution >= 4 is 11.9 Å². The smallest absolute Gasteiger partial charge is 0.350 e. The van der Waals surface area contributed by atoms with E-state index in [1.165, 1.54) is 0 Å². The number of H-pyrrole nitrogens is 1. The largest absolute Gasteiger partial charge is 0.356 e. The Hall–Kier alpha value is -1.59. The molecule has 0 bridgehead atoms. The second-order valence-electron chi connectivity index (χ2n) is 3.40. The number of hydrogen-bond donors (Lipinski definition) is 2. The van der Waals surface area contributed by atoms with Gasteiger partial charge in [-0.2, -0.15) is 9.97 Å². The number of anilines is 2. The van der Waals surface area contributed by atoms with E-state index in [2.05, 4.69) is 27.2 Å². The average molecular weight is 225 g/mol. The fraction of sp³-hybridized carbons (Fsp3) is 0.700. The van der Waals surface area contributed by atoms with Gasteiger partial charge >= 0.3 is 5.69 Å². The third-order valence-corrected chi connectivity index (χ3v) is 2.23. The van der Waals surface area contributed by atoms with E-state index in [1.54, 1.807) is 0 Å². The fourth-order valence-electron chi connectivity index (χ4n) is 1.35. The Balaban J connectivity index is 2.92. The van der Waals surface area contributed by atoms with E-state index in [1.807, 2.05) is 18.7 Å². The maximum Gasteiger partial charge on any atom is 0.350 e. The van der Waals surface area contributed by atoms with Crippen LogP contribution in [0.2, 0.25) is 0 Å². The van der Waals surface area contributed by atoms with Crippen molar-refractivity contribution in [3.63, 3.8) is 0 Å². The summed E-state index contributed by atoms with van der Waals surface area (Å²) in [5.74, 6) is 0.969. The minimum atomic E-state index is -0.365. The molecule has 1 aromatic heterocycles. The minimum Gasteiger partial charge on any atom is -0.356 e. The fourth-order valence-corrected chi connectivity index (χ4v) is 1.35. The molecule has 90 valence electrons. The second-order valence-corrected chi connectivity index (χ2v) is 3.40. The van der Waals surface area contributed by atoms with Gasteiger partial charge in [-0.05, 0) is 20.3 Å². The number of aromatic nitrogens is 3. The number of nitrogens with zero attached hydrogens (tertiary/aromatic N) is 3. The van der Waals surface area contributed by atoms with Crippen LogP contribution in [0.1, 0.15) is 27.2 Å². The first-order valence-corrected chi connectivity index (χ1v) is 5.68. The lowest BCUT2D eigenvalue weighted by molar-refractivity contribution is 0.800. The first-order chi connectivity index (χ1) is 7.71. The van der Waals surface area contributed by atoms with Crippen molar-refractivity contribution in [2.75, 3.05) is 29.9 Å². The lowest BCUT2D eigenvalue weighted by atomic mass is 10.5. The molecule has 1 heterocycles. The second kappa shape index (κ2) is 6.09. The summed E-state index contributed by atoms with van der Waals surface area (Å²) in [4.78, 5) is 24.0. The molecule has 0 saturated carbocycles. The van der Waals surface area contributed by atoms with Crippen LogP contribution in [-0.4, -0.2) is 34.6 Å². The van der Waals surface area contributed by atoms with Gasteiger partial charge in [-0.3, -0.25) is 4.98 Å². The monoisotopic (exact) mass is 225 g/mol. The zero-order chi connectivity index (χ0) is 12.0. The van der Waals surface area contributed by atoms with Crippen LogP contribution in [0.4, 0.5) is 11.9 Å². The molecule has 2 N–H and O–H groups in total. The Kier molecular flexibility index (Phi) is 4.75. The summed E-state index contributed by atoms with van der Waals surface area (Å²) in [6.07, 6.45) is 0.979. The molecule has 16 heavy (non-hydrogen) atoms. The zero-order valence-corrected chi connectivity index (χ0v) is 10.1. The van der Waals surface area contributed by atoms with Gasteiger partial charge < -0.3 is 10.2 Å². The van der Waals surface area contributed by atoms with Crippen molar-refractivity contribution in [1.29, 1.82) is 0 Å². The molecule has 1 rings (SSSR count). The van der Waals surface area contributed by atoms with Crippen molar-refractivity contribution in [1.82, 2.24) is 15.0 Å². The quantitative estimate of drug-likeness (QED) is 0.750. The van der Waals surface area contributed by atoms with Crippen molar-refractivity contribution in [3.8, 4) is 0 Å². The van der Waals surface area contributed by atoms with E-state index >= 15 is 0 Å². The average Bonchev–Trinajstić information content (AvgIpc) is 2.27.